The summed E-state index contributed by atoms with van der Waals surface area (Å²) in [5.41, 5.74) is 7.37. The fourth-order valence-electron chi connectivity index (χ4n) is 1.53. The molecule has 0 saturated carbocycles. The van der Waals surface area contributed by atoms with E-state index < -0.39 is 0 Å². The van der Waals surface area contributed by atoms with Gasteiger partial charge in [-0.2, -0.15) is 0 Å². The Balaban J connectivity index is 2.14. The van der Waals surface area contributed by atoms with E-state index in [4.69, 9.17) is 34.2 Å². The summed E-state index contributed by atoms with van der Waals surface area (Å²) in [6, 6.07) is 0. The molecule has 0 spiro atoms. The molecule has 1 fully saturated rings. The van der Waals surface area contributed by atoms with E-state index in [-0.39, 0.29) is 12.6 Å². The fourth-order valence-corrected chi connectivity index (χ4v) is 1.53. The summed E-state index contributed by atoms with van der Waals surface area (Å²) < 4.78 is 32.3. The van der Waals surface area contributed by atoms with E-state index in [1.165, 1.54) is 0 Å². The van der Waals surface area contributed by atoms with Crippen LogP contribution >= 0.6 is 0 Å². The van der Waals surface area contributed by atoms with Crippen LogP contribution in [0.25, 0.3) is 0 Å². The summed E-state index contributed by atoms with van der Waals surface area (Å²) in [7, 11) is 0. The van der Waals surface area contributed by atoms with E-state index in [9.17, 15) is 0 Å². The van der Waals surface area contributed by atoms with Crippen LogP contribution in [0.3, 0.4) is 0 Å². The molecular formula is C13H26NO6. The number of hydrogen-bond acceptors (Lipinski definition) is 6. The lowest BCUT2D eigenvalue weighted by molar-refractivity contribution is -0.0578. The lowest BCUT2D eigenvalue weighted by Crippen LogP contribution is -2.27. The molecule has 7 nitrogen and oxygen atoms in total. The summed E-state index contributed by atoms with van der Waals surface area (Å²) in [4.78, 5) is 0. The van der Waals surface area contributed by atoms with Crippen LogP contribution in [-0.2, 0) is 28.4 Å². The molecule has 0 aromatic carbocycles. The van der Waals surface area contributed by atoms with Crippen LogP contribution in [-0.4, -0.2) is 85.3 Å². The number of hydrogen-bond donors (Lipinski definition) is 0. The van der Waals surface area contributed by atoms with Crippen molar-refractivity contribution in [2.24, 2.45) is 0 Å². The molecule has 1 unspecified atom stereocenters. The van der Waals surface area contributed by atoms with Crippen molar-refractivity contribution in [2.75, 3.05) is 79.2 Å². The molecule has 0 aromatic rings. The minimum absolute atomic E-state index is 0.178. The largest absolute Gasteiger partial charge is 0.377 e. The average Bonchev–Trinajstić information content (AvgIpc) is 2.47. The zero-order chi connectivity index (χ0) is 14.3. The smallest absolute Gasteiger partial charge is 0.0947 e. The van der Waals surface area contributed by atoms with Crippen LogP contribution < -0.4 is 5.73 Å². The van der Waals surface area contributed by atoms with Crippen molar-refractivity contribution in [3.63, 3.8) is 0 Å². The van der Waals surface area contributed by atoms with E-state index in [1.54, 1.807) is 0 Å². The molecule has 1 saturated heterocycles. The molecule has 1 aliphatic rings. The molecule has 0 amide bonds. The standard InChI is InChI=1S/C13H26NO6/c14-11-13-12-19-8-7-17-4-3-15-1-2-16-5-6-18-9-10-20-13/h13-14H,1-12H2. The highest BCUT2D eigenvalue weighted by Crippen LogP contribution is 1.94. The second-order valence-electron chi connectivity index (χ2n) is 4.22. The van der Waals surface area contributed by atoms with Crippen LogP contribution in [0.5, 0.6) is 0 Å². The third-order valence-electron chi connectivity index (χ3n) is 2.60. The SMILES string of the molecule is [NH]CC1COCCOCCOCCOCCOCCO1. The number of ether oxygens (including phenoxy) is 6. The summed E-state index contributed by atoms with van der Waals surface area (Å²) in [6.45, 7) is 5.88. The Morgan fingerprint density at radius 1 is 0.600 bits per heavy atom. The van der Waals surface area contributed by atoms with Crippen molar-refractivity contribution in [2.45, 2.75) is 6.10 Å². The van der Waals surface area contributed by atoms with Gasteiger partial charge in [0.25, 0.3) is 0 Å². The average molecular weight is 292 g/mol. The van der Waals surface area contributed by atoms with E-state index >= 15 is 0 Å². The molecular weight excluding hydrogens is 266 g/mol. The van der Waals surface area contributed by atoms with Crippen LogP contribution in [0.2, 0.25) is 0 Å². The van der Waals surface area contributed by atoms with Gasteiger partial charge in [0.2, 0.25) is 0 Å². The quantitative estimate of drug-likeness (QED) is 0.663. The van der Waals surface area contributed by atoms with Gasteiger partial charge < -0.3 is 28.4 Å². The highest BCUT2D eigenvalue weighted by Gasteiger charge is 2.07. The maximum absolute atomic E-state index is 7.37. The van der Waals surface area contributed by atoms with Crippen molar-refractivity contribution in [1.29, 1.82) is 0 Å². The highest BCUT2D eigenvalue weighted by molar-refractivity contribution is 4.56. The second kappa shape index (κ2) is 13.7. The summed E-state index contributed by atoms with van der Waals surface area (Å²) >= 11 is 0. The topological polar surface area (TPSA) is 79.2 Å². The van der Waals surface area contributed by atoms with Crippen molar-refractivity contribution in [3.8, 4) is 0 Å². The highest BCUT2D eigenvalue weighted by atomic mass is 16.6. The van der Waals surface area contributed by atoms with E-state index in [2.05, 4.69) is 0 Å². The Bertz CT molecular complexity index is 189. The van der Waals surface area contributed by atoms with Crippen LogP contribution in [0.4, 0.5) is 0 Å². The molecule has 119 valence electrons. The molecule has 0 bridgehead atoms. The first-order valence-corrected chi connectivity index (χ1v) is 7.08. The first-order valence-electron chi connectivity index (χ1n) is 7.08. The fraction of sp³-hybridized carbons (Fsp3) is 1.00. The van der Waals surface area contributed by atoms with Crippen molar-refractivity contribution in [1.82, 2.24) is 5.73 Å². The molecule has 1 N–H and O–H groups in total. The van der Waals surface area contributed by atoms with Crippen molar-refractivity contribution in [3.05, 3.63) is 0 Å². The zero-order valence-electron chi connectivity index (χ0n) is 12.0. The van der Waals surface area contributed by atoms with Crippen molar-refractivity contribution >= 4 is 0 Å². The predicted molar refractivity (Wildman–Crippen MR) is 71.8 cm³/mol. The Labute approximate surface area is 120 Å². The molecule has 7 heteroatoms. The maximum Gasteiger partial charge on any atom is 0.0947 e. The molecule has 1 atom stereocenters. The van der Waals surface area contributed by atoms with Gasteiger partial charge in [-0.15, -0.1) is 0 Å². The van der Waals surface area contributed by atoms with Gasteiger partial charge in [0.05, 0.1) is 78.8 Å². The number of rotatable bonds is 1. The number of nitrogens with one attached hydrogen (secondary N) is 1. The predicted octanol–water partition coefficient (Wildman–Crippen LogP) is -0.249. The molecule has 20 heavy (non-hydrogen) atoms. The van der Waals surface area contributed by atoms with Gasteiger partial charge in [-0.25, -0.2) is 0 Å². The van der Waals surface area contributed by atoms with E-state index in [1.807, 2.05) is 0 Å². The zero-order valence-corrected chi connectivity index (χ0v) is 12.0. The molecule has 1 rings (SSSR count). The first-order chi connectivity index (χ1) is 9.93. The van der Waals surface area contributed by atoms with Crippen molar-refractivity contribution < 1.29 is 28.4 Å². The lowest BCUT2D eigenvalue weighted by Gasteiger charge is -2.16. The molecule has 1 aliphatic heterocycles. The van der Waals surface area contributed by atoms with E-state index in [0.29, 0.717) is 72.7 Å². The second-order valence-corrected chi connectivity index (χ2v) is 4.22. The van der Waals surface area contributed by atoms with Gasteiger partial charge in [-0.1, -0.05) is 0 Å². The van der Waals surface area contributed by atoms with Crippen LogP contribution in [0.15, 0.2) is 0 Å². The Hall–Kier alpha value is -0.280. The minimum atomic E-state index is -0.211. The summed E-state index contributed by atoms with van der Waals surface area (Å²) in [5.74, 6) is 0. The third kappa shape index (κ3) is 10.5. The normalized spacial score (nSPS) is 26.6. The summed E-state index contributed by atoms with van der Waals surface area (Å²) in [6.07, 6.45) is -0.211. The molecule has 1 radical (unpaired) electrons. The Kier molecular flexibility index (Phi) is 12.2. The summed E-state index contributed by atoms with van der Waals surface area (Å²) in [5, 5.41) is 0. The van der Waals surface area contributed by atoms with E-state index in [0.717, 1.165) is 0 Å². The van der Waals surface area contributed by atoms with Gasteiger partial charge in [0, 0.05) is 6.54 Å². The lowest BCUT2D eigenvalue weighted by atomic mass is 10.4. The van der Waals surface area contributed by atoms with Crippen LogP contribution in [0.1, 0.15) is 0 Å². The Morgan fingerprint density at radius 2 is 1.00 bits per heavy atom. The van der Waals surface area contributed by atoms with Gasteiger partial charge in [0.15, 0.2) is 0 Å². The van der Waals surface area contributed by atoms with Gasteiger partial charge in [-0.3, -0.25) is 5.73 Å². The van der Waals surface area contributed by atoms with Gasteiger partial charge in [-0.05, 0) is 0 Å². The van der Waals surface area contributed by atoms with Crippen LogP contribution in [0, 0.1) is 0 Å². The first kappa shape index (κ1) is 17.8. The molecule has 1 heterocycles. The minimum Gasteiger partial charge on any atom is -0.377 e. The molecule has 0 aromatic heterocycles. The monoisotopic (exact) mass is 292 g/mol. The maximum atomic E-state index is 7.37. The Morgan fingerprint density at radius 3 is 1.45 bits per heavy atom. The van der Waals surface area contributed by atoms with Gasteiger partial charge >= 0.3 is 0 Å². The molecule has 0 aliphatic carbocycles. The van der Waals surface area contributed by atoms with Gasteiger partial charge in [0.1, 0.15) is 0 Å². The third-order valence-corrected chi connectivity index (χ3v) is 2.60.